The van der Waals surface area contributed by atoms with Crippen LogP contribution in [0, 0.1) is 48.5 Å². The highest BCUT2D eigenvalue weighted by atomic mass is 16.5. The minimum absolute atomic E-state index is 0.733. The zero-order chi connectivity index (χ0) is 56.8. The Balaban J connectivity index is 0.000000122. The Kier molecular flexibility index (Phi) is 20.8. The summed E-state index contributed by atoms with van der Waals surface area (Å²) in [7, 11) is 0. The van der Waals surface area contributed by atoms with Gasteiger partial charge in [-0.3, -0.25) is 15.0 Å². The van der Waals surface area contributed by atoms with Crippen molar-refractivity contribution in [2.45, 2.75) is 61.8 Å². The number of nitrogens with one attached hydrogen (secondary N) is 1. The number of pyridine rings is 3. The predicted octanol–water partition coefficient (Wildman–Crippen LogP) is 19.3. The maximum absolute atomic E-state index is 5.47. The molecule has 0 bridgehead atoms. The van der Waals surface area contributed by atoms with Crippen molar-refractivity contribution in [1.82, 2.24) is 25.1 Å². The summed E-state index contributed by atoms with van der Waals surface area (Å²) < 4.78 is 10.1. The number of allylic oxidation sites excluding steroid dienone is 1. The molecule has 0 saturated carbocycles. The second kappa shape index (κ2) is 29.3. The summed E-state index contributed by atoms with van der Waals surface area (Å²) in [6.07, 6.45) is 15.1. The maximum atomic E-state index is 5.47. The Morgan fingerprint density at radius 2 is 1.05 bits per heavy atom. The fraction of sp³-hybridized carbons (Fsp3) is 0.135. The number of benzene rings is 8. The zero-order valence-corrected chi connectivity index (χ0v) is 47.8. The van der Waals surface area contributed by atoms with E-state index in [1.165, 1.54) is 87.7 Å². The van der Waals surface area contributed by atoms with Gasteiger partial charge in [-0.2, -0.15) is 0 Å². The van der Waals surface area contributed by atoms with Crippen molar-refractivity contribution < 1.29 is 9.26 Å². The topological polar surface area (TPSA) is 89.7 Å². The molecular weight excluding hydrogens is 991 g/mol. The van der Waals surface area contributed by atoms with Gasteiger partial charge in [0, 0.05) is 63.3 Å². The monoisotopic (exact) mass is 1060 g/mol. The third-order valence-corrected chi connectivity index (χ3v) is 13.1. The quantitative estimate of drug-likeness (QED) is 0.163. The number of nitrogens with zero attached hydrogens (tertiary/aromatic N) is 4. The number of fused-ring (bicyclic) bond motifs is 7. The molecule has 0 saturated heterocycles. The standard InChI is InChI=1S/C11H10.3C10H9N.C10H10O.C10H10.C9H9N.C4H5NO/c1-9-6-7-10-4-2-3-5-11(10)8-9;1-8-6-9-4-2-3-5-10(9)7-11-8;1-8-6-9-4-2-3-5-10(9)11-7-8;1-8-6-7-9-4-2-3-5-10(9)11-8;1-8-6-9-4-2-3-5-10(9)11-7-8;1-8-5-6-9-3-2-4-10(9)7-8;1-7-2-3-8-4-5-10-9(8)6-7;1-4-2-3-5-6-4/h2-8H,1H3;3*2-7H,1H3;2-6H,7H2,1H3;2,4-7H,3H2,1H3;2-6,10H,1H3;2-3H,1H3. The van der Waals surface area contributed by atoms with Gasteiger partial charge in [-0.25, -0.2) is 0 Å². The summed E-state index contributed by atoms with van der Waals surface area (Å²) in [5.41, 5.74) is 16.0. The third-order valence-electron chi connectivity index (χ3n) is 13.1. The zero-order valence-electron chi connectivity index (χ0n) is 47.8. The molecule has 0 spiro atoms. The van der Waals surface area contributed by atoms with Gasteiger partial charge in [-0.05, 0) is 166 Å². The molecule has 0 radical (unpaired) electrons. The highest BCUT2D eigenvalue weighted by molar-refractivity contribution is 5.84. The third kappa shape index (κ3) is 17.9. The number of H-pyrrole nitrogens is 1. The predicted molar refractivity (Wildman–Crippen MR) is 342 cm³/mol. The van der Waals surface area contributed by atoms with E-state index in [1.807, 2.05) is 112 Å². The Hall–Kier alpha value is -9.72. The van der Waals surface area contributed by atoms with E-state index in [9.17, 15) is 0 Å². The van der Waals surface area contributed by atoms with E-state index < -0.39 is 0 Å². The largest absolute Gasteiger partial charge is 0.489 e. The molecule has 1 N–H and O–H groups in total. The molecule has 1 aliphatic heterocycles. The van der Waals surface area contributed by atoms with Gasteiger partial charge in [-0.1, -0.05) is 186 Å². The van der Waals surface area contributed by atoms with Crippen LogP contribution in [0.2, 0.25) is 0 Å². The van der Waals surface area contributed by atoms with Crippen LogP contribution in [0.5, 0.6) is 5.75 Å². The molecule has 5 aromatic heterocycles. The van der Waals surface area contributed by atoms with Crippen LogP contribution < -0.4 is 4.74 Å². The molecule has 13 aromatic rings. The molecule has 7 nitrogen and oxygen atoms in total. The lowest BCUT2D eigenvalue weighted by atomic mass is 10.1. The van der Waals surface area contributed by atoms with Crippen LogP contribution in [0.4, 0.5) is 0 Å². The number of aromatic amines is 1. The number of ether oxygens (including phenoxy) is 1. The van der Waals surface area contributed by atoms with Crippen LogP contribution in [-0.4, -0.2) is 31.7 Å². The van der Waals surface area contributed by atoms with E-state index in [1.54, 1.807) is 12.3 Å². The molecule has 2 aliphatic rings. The van der Waals surface area contributed by atoms with Gasteiger partial charge in [-0.15, -0.1) is 0 Å². The lowest BCUT2D eigenvalue weighted by molar-refractivity contribution is 0.347. The van der Waals surface area contributed by atoms with Gasteiger partial charge >= 0.3 is 0 Å². The highest BCUT2D eigenvalue weighted by Crippen LogP contribution is 2.25. The normalized spacial score (nSPS) is 11.2. The average Bonchev–Trinajstić information content (AvgIpc) is 4.29. The van der Waals surface area contributed by atoms with Crippen molar-refractivity contribution in [3.63, 3.8) is 0 Å². The molecule has 6 heterocycles. The number of hydrogen-bond acceptors (Lipinski definition) is 6. The Morgan fingerprint density at radius 1 is 0.432 bits per heavy atom. The van der Waals surface area contributed by atoms with Crippen molar-refractivity contribution >= 4 is 66.4 Å². The Morgan fingerprint density at radius 3 is 1.80 bits per heavy atom. The van der Waals surface area contributed by atoms with Gasteiger partial charge in [0.1, 0.15) is 18.1 Å². The van der Waals surface area contributed by atoms with E-state index >= 15 is 0 Å². The molecule has 15 rings (SSSR count). The molecular formula is C74H71N5O2. The number of rotatable bonds is 0. The van der Waals surface area contributed by atoms with Crippen LogP contribution >= 0.6 is 0 Å². The summed E-state index contributed by atoms with van der Waals surface area (Å²) >= 11 is 0. The number of hydrogen-bond donors (Lipinski definition) is 1. The first-order chi connectivity index (χ1) is 39.4. The van der Waals surface area contributed by atoms with Crippen molar-refractivity contribution in [2.75, 3.05) is 6.61 Å². The number of para-hydroxylation sites is 3. The summed E-state index contributed by atoms with van der Waals surface area (Å²) in [4.78, 5) is 16.0. The fourth-order valence-electron chi connectivity index (χ4n) is 8.89. The lowest BCUT2D eigenvalue weighted by Gasteiger charge is -2.14. The summed E-state index contributed by atoms with van der Waals surface area (Å²) in [5, 5.41) is 12.3. The minimum Gasteiger partial charge on any atom is -0.489 e. The van der Waals surface area contributed by atoms with E-state index in [2.05, 4.69) is 216 Å². The second-order valence-corrected chi connectivity index (χ2v) is 20.2. The van der Waals surface area contributed by atoms with Gasteiger partial charge in [0.2, 0.25) is 0 Å². The van der Waals surface area contributed by atoms with Crippen LogP contribution in [0.3, 0.4) is 0 Å². The summed E-state index contributed by atoms with van der Waals surface area (Å²) in [5.74, 6) is 1.85. The van der Waals surface area contributed by atoms with E-state index in [0.717, 1.165) is 47.0 Å². The van der Waals surface area contributed by atoms with Crippen molar-refractivity contribution in [3.05, 3.63) is 305 Å². The van der Waals surface area contributed by atoms with Gasteiger partial charge in [0.15, 0.2) is 0 Å². The summed E-state index contributed by atoms with van der Waals surface area (Å²) in [6.45, 7) is 17.1. The highest BCUT2D eigenvalue weighted by Gasteiger charge is 2.06. The van der Waals surface area contributed by atoms with Crippen molar-refractivity contribution in [3.8, 4) is 5.75 Å². The molecule has 0 atom stereocenters. The average molecular weight is 1060 g/mol. The first-order valence-electron chi connectivity index (χ1n) is 27.4. The van der Waals surface area contributed by atoms with Crippen molar-refractivity contribution in [2.24, 2.45) is 0 Å². The Bertz CT molecular complexity index is 3840. The molecule has 0 fully saturated rings. The minimum atomic E-state index is 0.733. The van der Waals surface area contributed by atoms with Gasteiger partial charge < -0.3 is 14.2 Å². The molecule has 1 aliphatic carbocycles. The van der Waals surface area contributed by atoms with E-state index in [0.29, 0.717) is 0 Å². The molecule has 7 heteroatoms. The smallest absolute Gasteiger partial charge is 0.133 e. The van der Waals surface area contributed by atoms with E-state index in [-0.39, 0.29) is 0 Å². The van der Waals surface area contributed by atoms with Crippen LogP contribution in [-0.2, 0) is 6.42 Å². The van der Waals surface area contributed by atoms with Crippen molar-refractivity contribution in [1.29, 1.82) is 0 Å². The molecule has 404 valence electrons. The van der Waals surface area contributed by atoms with Gasteiger partial charge in [0.25, 0.3) is 0 Å². The molecule has 0 amide bonds. The lowest BCUT2D eigenvalue weighted by Crippen LogP contribution is -2.04. The fourth-order valence-corrected chi connectivity index (χ4v) is 8.89. The van der Waals surface area contributed by atoms with E-state index in [4.69, 9.17) is 4.74 Å². The van der Waals surface area contributed by atoms with Crippen LogP contribution in [0.15, 0.2) is 253 Å². The molecule has 8 aromatic carbocycles. The van der Waals surface area contributed by atoms with Gasteiger partial charge in [0.05, 0.1) is 17.2 Å². The second-order valence-electron chi connectivity index (χ2n) is 20.2. The molecule has 0 unspecified atom stereocenters. The van der Waals surface area contributed by atoms with Crippen LogP contribution in [0.25, 0.3) is 66.4 Å². The van der Waals surface area contributed by atoms with Crippen LogP contribution in [0.1, 0.15) is 63.0 Å². The number of aromatic nitrogens is 5. The first kappa shape index (κ1) is 57.5. The SMILES string of the molecule is CC1=Cc2ccccc2OC1.Cc1cc2ccccc2cn1.Cc1ccc2c(c1)C=CC2.Cc1ccc2cc[nH]c2c1.Cc1ccc2ccccc2c1.Cc1ccc2ccccc2n1.Cc1ccno1.Cc1cnc2ccccc2c1. The maximum Gasteiger partial charge on any atom is 0.133 e. The first-order valence-corrected chi connectivity index (χ1v) is 27.4. The number of aryl methyl sites for hydroxylation is 7. The Labute approximate surface area is 477 Å². The molecule has 81 heavy (non-hydrogen) atoms. The summed E-state index contributed by atoms with van der Waals surface area (Å²) in [6, 6.07) is 72.8.